The van der Waals surface area contributed by atoms with Crippen molar-refractivity contribution in [3.8, 4) is 0 Å². The molecule has 0 aliphatic heterocycles. The van der Waals surface area contributed by atoms with E-state index < -0.39 is 0 Å². The van der Waals surface area contributed by atoms with Crippen LogP contribution >= 0.6 is 0 Å². The third-order valence-electron chi connectivity index (χ3n) is 2.32. The average molecular weight is 150 g/mol. The number of carbonyl (C=O) groups is 1. The fraction of sp³-hybridized carbons (Fsp3) is 0.500. The van der Waals surface area contributed by atoms with Crippen molar-refractivity contribution in [2.45, 2.75) is 25.7 Å². The van der Waals surface area contributed by atoms with Crippen LogP contribution in [0.2, 0.25) is 0 Å². The molecule has 60 valence electrons. The molecule has 1 rings (SSSR count). The Morgan fingerprint density at radius 2 is 2.36 bits per heavy atom. The molecule has 0 aromatic heterocycles. The van der Waals surface area contributed by atoms with Crippen LogP contribution in [0.15, 0.2) is 24.8 Å². The molecule has 0 heterocycles. The molecule has 0 saturated carbocycles. The van der Waals surface area contributed by atoms with E-state index in [1.165, 1.54) is 0 Å². The predicted molar refractivity (Wildman–Crippen MR) is 46.3 cm³/mol. The number of aldehydes is 1. The van der Waals surface area contributed by atoms with Crippen molar-refractivity contribution in [2.24, 2.45) is 5.41 Å². The molecule has 1 atom stereocenters. The Kier molecular flexibility index (Phi) is 2.64. The number of hydrogen-bond donors (Lipinski definition) is 0. The number of rotatable bonds is 4. The highest BCUT2D eigenvalue weighted by atomic mass is 16.1. The molecule has 0 amide bonds. The quantitative estimate of drug-likeness (QED) is 0.444. The lowest BCUT2D eigenvalue weighted by Gasteiger charge is -2.22. The first kappa shape index (κ1) is 8.25. The largest absolute Gasteiger partial charge is 0.303 e. The van der Waals surface area contributed by atoms with Gasteiger partial charge in [0.1, 0.15) is 6.29 Å². The summed E-state index contributed by atoms with van der Waals surface area (Å²) in [7, 11) is 0. The Labute approximate surface area is 67.8 Å². The van der Waals surface area contributed by atoms with Crippen molar-refractivity contribution in [2.75, 3.05) is 0 Å². The Bertz CT molecular complexity index is 169. The van der Waals surface area contributed by atoms with E-state index in [9.17, 15) is 4.79 Å². The third kappa shape index (κ3) is 1.79. The molecule has 0 N–H and O–H groups in total. The summed E-state index contributed by atoms with van der Waals surface area (Å²) in [6.45, 7) is 3.70. The van der Waals surface area contributed by atoms with Crippen LogP contribution in [-0.4, -0.2) is 6.29 Å². The number of carbonyl (C=O) groups excluding carboxylic acids is 1. The molecule has 0 aromatic rings. The normalized spacial score (nSPS) is 28.7. The zero-order valence-electron chi connectivity index (χ0n) is 6.75. The monoisotopic (exact) mass is 150 g/mol. The highest BCUT2D eigenvalue weighted by Crippen LogP contribution is 2.38. The van der Waals surface area contributed by atoms with Gasteiger partial charge >= 0.3 is 0 Å². The molecule has 1 aliphatic rings. The number of allylic oxidation sites excluding steroid dienone is 3. The van der Waals surface area contributed by atoms with Crippen LogP contribution in [0.3, 0.4) is 0 Å². The van der Waals surface area contributed by atoms with Crippen molar-refractivity contribution in [1.29, 1.82) is 0 Å². The summed E-state index contributed by atoms with van der Waals surface area (Å²) in [5.41, 5.74) is 0.128. The molecule has 0 saturated heterocycles. The van der Waals surface area contributed by atoms with Crippen LogP contribution < -0.4 is 0 Å². The van der Waals surface area contributed by atoms with Crippen LogP contribution in [0.4, 0.5) is 0 Å². The summed E-state index contributed by atoms with van der Waals surface area (Å²) in [5, 5.41) is 0. The lowest BCUT2D eigenvalue weighted by atomic mass is 9.81. The Balaban J connectivity index is 2.61. The van der Waals surface area contributed by atoms with E-state index in [4.69, 9.17) is 0 Å². The maximum Gasteiger partial charge on any atom is 0.120 e. The predicted octanol–water partition coefficient (Wildman–Crippen LogP) is 2.49. The molecule has 1 unspecified atom stereocenters. The van der Waals surface area contributed by atoms with Crippen LogP contribution in [0.25, 0.3) is 0 Å². The van der Waals surface area contributed by atoms with Crippen LogP contribution in [0.1, 0.15) is 25.7 Å². The van der Waals surface area contributed by atoms with Crippen molar-refractivity contribution in [3.63, 3.8) is 0 Å². The minimum atomic E-state index is 0.128. The summed E-state index contributed by atoms with van der Waals surface area (Å²) in [6.07, 6.45) is 11.0. The minimum Gasteiger partial charge on any atom is -0.303 e. The van der Waals surface area contributed by atoms with Gasteiger partial charge in [0.2, 0.25) is 0 Å². The molecule has 11 heavy (non-hydrogen) atoms. The van der Waals surface area contributed by atoms with Gasteiger partial charge in [-0.05, 0) is 24.7 Å². The van der Waals surface area contributed by atoms with E-state index in [2.05, 4.69) is 18.7 Å². The zero-order valence-corrected chi connectivity index (χ0v) is 6.75. The molecule has 0 spiro atoms. The maximum absolute atomic E-state index is 10.4. The Morgan fingerprint density at radius 1 is 1.55 bits per heavy atom. The second-order valence-electron chi connectivity index (χ2n) is 3.17. The summed E-state index contributed by atoms with van der Waals surface area (Å²) in [6, 6.07) is 0. The van der Waals surface area contributed by atoms with Crippen molar-refractivity contribution >= 4 is 6.29 Å². The van der Waals surface area contributed by atoms with Crippen molar-refractivity contribution in [1.82, 2.24) is 0 Å². The van der Waals surface area contributed by atoms with E-state index in [0.29, 0.717) is 6.42 Å². The first-order valence-electron chi connectivity index (χ1n) is 4.05. The van der Waals surface area contributed by atoms with Gasteiger partial charge in [-0.15, -0.1) is 6.58 Å². The maximum atomic E-state index is 10.4. The standard InChI is InChI=1S/C10H14O/c1-2-5-10(8-9-11)6-3-4-7-10/h2-3,6,9H,1,4-5,7-8H2. The zero-order chi connectivity index (χ0) is 8.16. The second kappa shape index (κ2) is 3.51. The summed E-state index contributed by atoms with van der Waals surface area (Å²) in [4.78, 5) is 10.4. The summed E-state index contributed by atoms with van der Waals surface area (Å²) >= 11 is 0. The van der Waals surface area contributed by atoms with Gasteiger partial charge in [-0.3, -0.25) is 0 Å². The molecule has 0 fully saturated rings. The van der Waals surface area contributed by atoms with E-state index >= 15 is 0 Å². The molecule has 0 aromatic carbocycles. The first-order valence-corrected chi connectivity index (χ1v) is 4.05. The van der Waals surface area contributed by atoms with Crippen LogP contribution in [-0.2, 0) is 4.79 Å². The lowest BCUT2D eigenvalue weighted by Crippen LogP contribution is -2.14. The van der Waals surface area contributed by atoms with Gasteiger partial charge < -0.3 is 4.79 Å². The van der Waals surface area contributed by atoms with Gasteiger partial charge in [-0.25, -0.2) is 0 Å². The fourth-order valence-electron chi connectivity index (χ4n) is 1.66. The molecular formula is C10H14O. The Morgan fingerprint density at radius 3 is 2.82 bits per heavy atom. The second-order valence-corrected chi connectivity index (χ2v) is 3.17. The molecule has 0 radical (unpaired) electrons. The third-order valence-corrected chi connectivity index (χ3v) is 2.32. The molecule has 1 heteroatoms. The highest BCUT2D eigenvalue weighted by molar-refractivity contribution is 5.52. The highest BCUT2D eigenvalue weighted by Gasteiger charge is 2.27. The van der Waals surface area contributed by atoms with Gasteiger partial charge in [0, 0.05) is 6.42 Å². The minimum absolute atomic E-state index is 0.128. The van der Waals surface area contributed by atoms with Gasteiger partial charge in [-0.1, -0.05) is 18.2 Å². The first-order chi connectivity index (χ1) is 5.33. The van der Waals surface area contributed by atoms with E-state index in [-0.39, 0.29) is 5.41 Å². The Hall–Kier alpha value is -0.850. The lowest BCUT2D eigenvalue weighted by molar-refractivity contribution is -0.109. The molecular weight excluding hydrogens is 136 g/mol. The number of hydrogen-bond acceptors (Lipinski definition) is 1. The van der Waals surface area contributed by atoms with E-state index in [1.807, 2.05) is 6.08 Å². The molecule has 1 nitrogen and oxygen atoms in total. The topological polar surface area (TPSA) is 17.1 Å². The van der Waals surface area contributed by atoms with Gasteiger partial charge in [0.05, 0.1) is 0 Å². The van der Waals surface area contributed by atoms with Crippen molar-refractivity contribution in [3.05, 3.63) is 24.8 Å². The van der Waals surface area contributed by atoms with Gasteiger partial charge in [0.25, 0.3) is 0 Å². The van der Waals surface area contributed by atoms with Crippen LogP contribution in [0, 0.1) is 5.41 Å². The summed E-state index contributed by atoms with van der Waals surface area (Å²) < 4.78 is 0. The average Bonchev–Trinajstić information content (AvgIpc) is 2.39. The molecule has 0 bridgehead atoms. The van der Waals surface area contributed by atoms with Crippen LogP contribution in [0.5, 0.6) is 0 Å². The van der Waals surface area contributed by atoms with Gasteiger partial charge in [0.15, 0.2) is 0 Å². The summed E-state index contributed by atoms with van der Waals surface area (Å²) in [5.74, 6) is 0. The van der Waals surface area contributed by atoms with Gasteiger partial charge in [-0.2, -0.15) is 0 Å². The fourth-order valence-corrected chi connectivity index (χ4v) is 1.66. The molecule has 1 aliphatic carbocycles. The van der Waals surface area contributed by atoms with Crippen molar-refractivity contribution < 1.29 is 4.79 Å². The van der Waals surface area contributed by atoms with E-state index in [0.717, 1.165) is 25.5 Å². The van der Waals surface area contributed by atoms with E-state index in [1.54, 1.807) is 0 Å². The SMILES string of the molecule is C=CCC1(CC=O)C=CCC1. The smallest absolute Gasteiger partial charge is 0.120 e.